The molecule has 0 radical (unpaired) electrons. The predicted octanol–water partition coefficient (Wildman–Crippen LogP) is 3.18. The molecule has 14 heavy (non-hydrogen) atoms. The molecular formula is C10H8ClFN2. The highest BCUT2D eigenvalue weighted by molar-refractivity contribution is 6.30. The van der Waals surface area contributed by atoms with Gasteiger partial charge >= 0.3 is 0 Å². The molecule has 0 saturated carbocycles. The van der Waals surface area contributed by atoms with Crippen LogP contribution >= 0.6 is 11.6 Å². The number of aromatic nitrogens is 2. The molecule has 4 heteroatoms. The van der Waals surface area contributed by atoms with Crippen LogP contribution in [0, 0.1) is 12.7 Å². The van der Waals surface area contributed by atoms with Crippen LogP contribution in [0.15, 0.2) is 24.4 Å². The van der Waals surface area contributed by atoms with Crippen LogP contribution < -0.4 is 0 Å². The number of aryl methyl sites for hydroxylation is 1. The quantitative estimate of drug-likeness (QED) is 0.770. The highest BCUT2D eigenvalue weighted by Gasteiger charge is 2.07. The van der Waals surface area contributed by atoms with Gasteiger partial charge in [-0.05, 0) is 25.1 Å². The Morgan fingerprint density at radius 1 is 1.43 bits per heavy atom. The van der Waals surface area contributed by atoms with Crippen molar-refractivity contribution in [3.8, 4) is 11.4 Å². The van der Waals surface area contributed by atoms with E-state index in [1.807, 2.05) is 6.92 Å². The molecule has 1 N–H and O–H groups in total. The summed E-state index contributed by atoms with van der Waals surface area (Å²) < 4.78 is 13.4. The number of nitrogens with zero attached hydrogens (tertiary/aromatic N) is 1. The van der Waals surface area contributed by atoms with Crippen molar-refractivity contribution in [3.63, 3.8) is 0 Å². The fourth-order valence-corrected chi connectivity index (χ4v) is 1.39. The van der Waals surface area contributed by atoms with E-state index < -0.39 is 0 Å². The molecule has 2 aromatic rings. The molecule has 0 aliphatic heterocycles. The highest BCUT2D eigenvalue weighted by atomic mass is 35.5. The van der Waals surface area contributed by atoms with Gasteiger partial charge in [-0.1, -0.05) is 11.6 Å². The topological polar surface area (TPSA) is 28.7 Å². The summed E-state index contributed by atoms with van der Waals surface area (Å²) in [4.78, 5) is 7.00. The Kier molecular flexibility index (Phi) is 2.25. The third-order valence-corrected chi connectivity index (χ3v) is 2.12. The van der Waals surface area contributed by atoms with Gasteiger partial charge in [-0.15, -0.1) is 0 Å². The van der Waals surface area contributed by atoms with Crippen LogP contribution in [0.3, 0.4) is 0 Å². The second-order valence-electron chi connectivity index (χ2n) is 3.04. The Labute approximate surface area is 85.8 Å². The van der Waals surface area contributed by atoms with Crippen molar-refractivity contribution in [3.05, 3.63) is 40.9 Å². The van der Waals surface area contributed by atoms with E-state index in [1.54, 1.807) is 18.3 Å². The zero-order valence-corrected chi connectivity index (χ0v) is 8.27. The Bertz CT molecular complexity index is 465. The average molecular weight is 211 g/mol. The normalized spacial score (nSPS) is 10.5. The molecular weight excluding hydrogens is 203 g/mol. The summed E-state index contributed by atoms with van der Waals surface area (Å²) in [5, 5.41) is 0.384. The van der Waals surface area contributed by atoms with E-state index >= 15 is 0 Å². The van der Waals surface area contributed by atoms with Crippen molar-refractivity contribution >= 4 is 11.6 Å². The van der Waals surface area contributed by atoms with E-state index in [0.717, 1.165) is 5.69 Å². The number of benzene rings is 1. The SMILES string of the molecule is Cc1cnc(-c2ccc(Cl)cc2F)[nH]1. The number of rotatable bonds is 1. The van der Waals surface area contributed by atoms with Crippen molar-refractivity contribution in [1.82, 2.24) is 9.97 Å². The summed E-state index contributed by atoms with van der Waals surface area (Å²) in [6, 6.07) is 4.52. The third-order valence-electron chi connectivity index (χ3n) is 1.89. The van der Waals surface area contributed by atoms with Gasteiger partial charge in [0.1, 0.15) is 11.6 Å². The van der Waals surface area contributed by atoms with E-state index in [9.17, 15) is 4.39 Å². The molecule has 1 aromatic heterocycles. The molecule has 0 amide bonds. The molecule has 1 heterocycles. The lowest BCUT2D eigenvalue weighted by Gasteiger charge is -1.99. The first-order valence-electron chi connectivity index (χ1n) is 4.14. The van der Waals surface area contributed by atoms with E-state index in [4.69, 9.17) is 11.6 Å². The molecule has 0 aliphatic carbocycles. The van der Waals surface area contributed by atoms with Gasteiger partial charge in [0.05, 0.1) is 5.56 Å². The number of hydrogen-bond acceptors (Lipinski definition) is 1. The molecule has 0 saturated heterocycles. The van der Waals surface area contributed by atoms with Crippen LogP contribution in [0.1, 0.15) is 5.69 Å². The maximum absolute atomic E-state index is 13.4. The van der Waals surface area contributed by atoms with E-state index in [0.29, 0.717) is 16.4 Å². The fourth-order valence-electron chi connectivity index (χ4n) is 1.23. The Balaban J connectivity index is 2.52. The first kappa shape index (κ1) is 9.21. The van der Waals surface area contributed by atoms with Crippen LogP contribution in [-0.2, 0) is 0 Å². The minimum atomic E-state index is -0.369. The zero-order chi connectivity index (χ0) is 10.1. The van der Waals surface area contributed by atoms with Crippen molar-refractivity contribution in [1.29, 1.82) is 0 Å². The molecule has 0 unspecified atom stereocenters. The van der Waals surface area contributed by atoms with E-state index in [-0.39, 0.29) is 5.82 Å². The van der Waals surface area contributed by atoms with Gasteiger partial charge < -0.3 is 4.98 Å². The fraction of sp³-hybridized carbons (Fsp3) is 0.100. The molecule has 2 nitrogen and oxygen atoms in total. The zero-order valence-electron chi connectivity index (χ0n) is 7.51. The maximum atomic E-state index is 13.4. The summed E-state index contributed by atoms with van der Waals surface area (Å²) in [7, 11) is 0. The summed E-state index contributed by atoms with van der Waals surface area (Å²) >= 11 is 5.64. The molecule has 0 fully saturated rings. The van der Waals surface area contributed by atoms with Gasteiger partial charge in [-0.3, -0.25) is 0 Å². The van der Waals surface area contributed by atoms with Crippen LogP contribution in [0.4, 0.5) is 4.39 Å². The lowest BCUT2D eigenvalue weighted by molar-refractivity contribution is 0.630. The number of nitrogens with one attached hydrogen (secondary N) is 1. The van der Waals surface area contributed by atoms with Crippen LogP contribution in [0.2, 0.25) is 5.02 Å². The van der Waals surface area contributed by atoms with Gasteiger partial charge in [0.15, 0.2) is 0 Å². The van der Waals surface area contributed by atoms with Crippen LogP contribution in [0.5, 0.6) is 0 Å². The summed E-state index contributed by atoms with van der Waals surface area (Å²) in [6.07, 6.45) is 1.66. The summed E-state index contributed by atoms with van der Waals surface area (Å²) in [5.74, 6) is 0.156. The molecule has 1 aromatic carbocycles. The minimum absolute atomic E-state index is 0.369. The molecule has 72 valence electrons. The number of H-pyrrole nitrogens is 1. The molecule has 0 spiro atoms. The molecule has 0 atom stereocenters. The predicted molar refractivity (Wildman–Crippen MR) is 53.7 cm³/mol. The van der Waals surface area contributed by atoms with Crippen LogP contribution in [0.25, 0.3) is 11.4 Å². The lowest BCUT2D eigenvalue weighted by atomic mass is 10.2. The van der Waals surface area contributed by atoms with Crippen molar-refractivity contribution < 1.29 is 4.39 Å². The largest absolute Gasteiger partial charge is 0.342 e. The van der Waals surface area contributed by atoms with E-state index in [2.05, 4.69) is 9.97 Å². The average Bonchev–Trinajstić information content (AvgIpc) is 2.51. The molecule has 0 aliphatic rings. The van der Waals surface area contributed by atoms with Crippen molar-refractivity contribution in [2.75, 3.05) is 0 Å². The van der Waals surface area contributed by atoms with Gasteiger partial charge in [-0.25, -0.2) is 9.37 Å². The van der Waals surface area contributed by atoms with Gasteiger partial charge in [0, 0.05) is 16.9 Å². The number of hydrogen-bond donors (Lipinski definition) is 1. The highest BCUT2D eigenvalue weighted by Crippen LogP contribution is 2.22. The lowest BCUT2D eigenvalue weighted by Crippen LogP contribution is -1.86. The number of imidazole rings is 1. The number of halogens is 2. The smallest absolute Gasteiger partial charge is 0.140 e. The maximum Gasteiger partial charge on any atom is 0.140 e. The Morgan fingerprint density at radius 2 is 2.21 bits per heavy atom. The standard InChI is InChI=1S/C10H8ClFN2/c1-6-5-13-10(14-6)8-3-2-7(11)4-9(8)12/h2-5H,1H3,(H,13,14). The Morgan fingerprint density at radius 3 is 2.79 bits per heavy atom. The van der Waals surface area contributed by atoms with Crippen molar-refractivity contribution in [2.45, 2.75) is 6.92 Å². The second-order valence-corrected chi connectivity index (χ2v) is 3.48. The minimum Gasteiger partial charge on any atom is -0.342 e. The first-order chi connectivity index (χ1) is 6.66. The number of aromatic amines is 1. The van der Waals surface area contributed by atoms with Gasteiger partial charge in [0.2, 0.25) is 0 Å². The van der Waals surface area contributed by atoms with Gasteiger partial charge in [0.25, 0.3) is 0 Å². The van der Waals surface area contributed by atoms with Crippen molar-refractivity contribution in [2.24, 2.45) is 0 Å². The van der Waals surface area contributed by atoms with Crippen LogP contribution in [-0.4, -0.2) is 9.97 Å². The molecule has 0 bridgehead atoms. The summed E-state index contributed by atoms with van der Waals surface area (Å²) in [5.41, 5.74) is 1.33. The van der Waals surface area contributed by atoms with Gasteiger partial charge in [-0.2, -0.15) is 0 Å². The third kappa shape index (κ3) is 1.63. The summed E-state index contributed by atoms with van der Waals surface area (Å²) in [6.45, 7) is 1.87. The first-order valence-corrected chi connectivity index (χ1v) is 4.51. The van der Waals surface area contributed by atoms with E-state index in [1.165, 1.54) is 6.07 Å². The monoisotopic (exact) mass is 210 g/mol. The Hall–Kier alpha value is -1.35. The molecule has 2 rings (SSSR count). The second kappa shape index (κ2) is 3.42.